The molecule has 0 amide bonds. The summed E-state index contributed by atoms with van der Waals surface area (Å²) in [6.45, 7) is -0.862. The van der Waals surface area contributed by atoms with E-state index < -0.39 is 48.5 Å². The van der Waals surface area contributed by atoms with Gasteiger partial charge in [-0.05, 0) is 0 Å². The topological polar surface area (TPSA) is 259 Å². The Labute approximate surface area is 166 Å². The smallest absolute Gasteiger partial charge is 0.390 e. The monoisotopic (exact) mass is 491 g/mol. The number of anilines is 1. The van der Waals surface area contributed by atoms with Gasteiger partial charge in [0, 0.05) is 6.42 Å². The summed E-state index contributed by atoms with van der Waals surface area (Å²) in [5.74, 6) is 0.113. The molecule has 3 unspecified atom stereocenters. The first-order chi connectivity index (χ1) is 13.8. The summed E-state index contributed by atoms with van der Waals surface area (Å²) >= 11 is 0. The molecule has 0 spiro atoms. The molecule has 17 nitrogen and oxygen atoms in total. The predicted molar refractivity (Wildman–Crippen MR) is 94.1 cm³/mol. The Bertz CT molecular complexity index is 1040. The largest absolute Gasteiger partial charge is 0.492 e. The molecule has 168 valence electrons. The number of imidazole rings is 1. The number of hydrogen-bond acceptors (Lipinski definition) is 12. The Balaban J connectivity index is 1.73. The fraction of sp³-hybridized carbons (Fsp3) is 0.500. The second kappa shape index (κ2) is 8.31. The van der Waals surface area contributed by atoms with E-state index in [1.807, 2.05) is 0 Å². The fourth-order valence-corrected chi connectivity index (χ4v) is 5.78. The number of nitrogens with zero attached hydrogens (tertiary/aromatic N) is 4. The molecular weight excluding hydrogens is 475 g/mol. The number of phosphoric acid groups is 3. The van der Waals surface area contributed by atoms with Crippen LogP contribution < -0.4 is 5.73 Å². The highest BCUT2D eigenvalue weighted by Gasteiger charge is 2.44. The number of rotatable bonds is 8. The Morgan fingerprint density at radius 1 is 1.13 bits per heavy atom. The maximum atomic E-state index is 12.2. The van der Waals surface area contributed by atoms with Crippen molar-refractivity contribution in [1.29, 1.82) is 0 Å². The van der Waals surface area contributed by atoms with Gasteiger partial charge in [0.15, 0.2) is 11.5 Å². The van der Waals surface area contributed by atoms with Gasteiger partial charge in [0.1, 0.15) is 24.2 Å². The average molecular weight is 491 g/mol. The maximum Gasteiger partial charge on any atom is 0.492 e. The minimum atomic E-state index is -5.53. The predicted octanol–water partition coefficient (Wildman–Crippen LogP) is -0.600. The summed E-state index contributed by atoms with van der Waals surface area (Å²) in [7, 11) is -16.5. The highest BCUT2D eigenvalue weighted by atomic mass is 31.3. The Hall–Kier alpha value is -1.32. The number of fused-ring (bicyclic) bond motifs is 1. The quantitative estimate of drug-likeness (QED) is 0.252. The van der Waals surface area contributed by atoms with Crippen LogP contribution in [0.2, 0.25) is 0 Å². The third-order valence-electron chi connectivity index (χ3n) is 3.71. The van der Waals surface area contributed by atoms with Crippen molar-refractivity contribution in [2.24, 2.45) is 0 Å². The summed E-state index contributed by atoms with van der Waals surface area (Å²) in [6.07, 6.45) is -0.859. The first-order valence-corrected chi connectivity index (χ1v) is 12.3. The summed E-state index contributed by atoms with van der Waals surface area (Å²) in [4.78, 5) is 46.9. The van der Waals surface area contributed by atoms with E-state index in [0.717, 1.165) is 0 Å². The van der Waals surface area contributed by atoms with Crippen molar-refractivity contribution in [2.45, 2.75) is 24.9 Å². The lowest BCUT2D eigenvalue weighted by Gasteiger charge is -2.21. The second-order valence-corrected chi connectivity index (χ2v) is 10.3. The molecule has 3 rings (SSSR count). The molecule has 0 aliphatic carbocycles. The maximum absolute atomic E-state index is 12.2. The molecule has 0 radical (unpaired) electrons. The lowest BCUT2D eigenvalue weighted by atomic mass is 10.2. The SMILES string of the molecule is Nc1ncnc2c1ncn2C1CC(O)C(COP(=O)(OP(=O)(O)O)OP(=O)(O)O)O1. The molecule has 1 aliphatic rings. The minimum Gasteiger partial charge on any atom is -0.390 e. The van der Waals surface area contributed by atoms with Crippen LogP contribution in [0.15, 0.2) is 12.7 Å². The van der Waals surface area contributed by atoms with Crippen LogP contribution in [0.5, 0.6) is 0 Å². The third-order valence-corrected chi connectivity index (χ3v) is 7.48. The van der Waals surface area contributed by atoms with Crippen LogP contribution in [0.3, 0.4) is 0 Å². The van der Waals surface area contributed by atoms with Crippen molar-refractivity contribution in [3.05, 3.63) is 12.7 Å². The Kier molecular flexibility index (Phi) is 6.47. The van der Waals surface area contributed by atoms with Gasteiger partial charge < -0.3 is 35.2 Å². The normalized spacial score (nSPS) is 23.3. The number of ether oxygens (including phenoxy) is 1. The van der Waals surface area contributed by atoms with E-state index in [0.29, 0.717) is 5.65 Å². The lowest BCUT2D eigenvalue weighted by molar-refractivity contribution is -0.0422. The molecule has 1 aliphatic heterocycles. The van der Waals surface area contributed by atoms with E-state index in [1.165, 1.54) is 17.2 Å². The van der Waals surface area contributed by atoms with Gasteiger partial charge in [-0.3, -0.25) is 9.09 Å². The van der Waals surface area contributed by atoms with E-state index in [1.54, 1.807) is 0 Å². The van der Waals surface area contributed by atoms with Crippen LogP contribution in [-0.4, -0.2) is 63.0 Å². The standard InChI is InChI=1S/C10H16N5O12P3/c11-9-8-10(13-3-12-9)15(4-14-8)7-1-5(16)6(25-7)2-24-30(23,26-28(17,18)19)27-29(20,21)22/h3-7,16H,1-2H2,(H2,11,12,13)(H2,17,18,19)(H2,20,21,22). The molecule has 1 fully saturated rings. The van der Waals surface area contributed by atoms with Crippen molar-refractivity contribution < 1.29 is 56.3 Å². The van der Waals surface area contributed by atoms with E-state index in [-0.39, 0.29) is 17.8 Å². The van der Waals surface area contributed by atoms with Crippen LogP contribution in [0.4, 0.5) is 5.82 Å². The second-order valence-electron chi connectivity index (χ2n) is 5.90. The van der Waals surface area contributed by atoms with Crippen molar-refractivity contribution >= 4 is 40.4 Å². The number of nitrogen functional groups attached to an aromatic ring is 1. The Morgan fingerprint density at radius 2 is 1.77 bits per heavy atom. The van der Waals surface area contributed by atoms with Crippen molar-refractivity contribution in [3.63, 3.8) is 0 Å². The highest BCUT2D eigenvalue weighted by Crippen LogP contribution is 2.67. The van der Waals surface area contributed by atoms with Crippen molar-refractivity contribution in [2.75, 3.05) is 12.3 Å². The van der Waals surface area contributed by atoms with Crippen LogP contribution in [0.25, 0.3) is 11.2 Å². The fourth-order valence-electron chi connectivity index (χ4n) is 2.60. The molecule has 0 aromatic carbocycles. The molecule has 0 saturated carbocycles. The van der Waals surface area contributed by atoms with Crippen LogP contribution >= 0.6 is 23.5 Å². The van der Waals surface area contributed by atoms with Crippen LogP contribution in [-0.2, 0) is 31.6 Å². The van der Waals surface area contributed by atoms with Gasteiger partial charge in [0.25, 0.3) is 0 Å². The number of aliphatic hydroxyl groups is 1. The summed E-state index contributed by atoms with van der Waals surface area (Å²) in [5.41, 5.74) is 6.27. The van der Waals surface area contributed by atoms with E-state index >= 15 is 0 Å². The van der Waals surface area contributed by atoms with Crippen molar-refractivity contribution in [3.8, 4) is 0 Å². The number of aliphatic hydroxyl groups excluding tert-OH is 1. The first-order valence-electron chi connectivity index (χ1n) is 7.81. The average Bonchev–Trinajstić information content (AvgIpc) is 3.13. The molecule has 20 heteroatoms. The minimum absolute atomic E-state index is 0.0353. The molecule has 3 atom stereocenters. The highest BCUT2D eigenvalue weighted by molar-refractivity contribution is 7.66. The Morgan fingerprint density at radius 3 is 2.37 bits per heavy atom. The van der Waals surface area contributed by atoms with Gasteiger partial charge in [-0.1, -0.05) is 0 Å². The number of nitrogens with two attached hydrogens (primary N) is 1. The van der Waals surface area contributed by atoms with Crippen LogP contribution in [0.1, 0.15) is 12.6 Å². The van der Waals surface area contributed by atoms with E-state index in [9.17, 15) is 18.8 Å². The van der Waals surface area contributed by atoms with Gasteiger partial charge in [-0.25, -0.2) is 28.6 Å². The lowest BCUT2D eigenvalue weighted by Crippen LogP contribution is -2.26. The molecule has 7 N–H and O–H groups in total. The first kappa shape index (κ1) is 23.3. The van der Waals surface area contributed by atoms with Crippen molar-refractivity contribution in [1.82, 2.24) is 19.5 Å². The zero-order valence-corrected chi connectivity index (χ0v) is 17.3. The zero-order valence-electron chi connectivity index (χ0n) is 14.6. The van der Waals surface area contributed by atoms with Gasteiger partial charge in [-0.15, -0.1) is 0 Å². The summed E-state index contributed by atoms with van der Waals surface area (Å²) in [5, 5.41) is 10.2. The third kappa shape index (κ3) is 5.68. The molecular formula is C10H16N5O12P3. The van der Waals surface area contributed by atoms with Gasteiger partial charge in [0.05, 0.1) is 19.0 Å². The molecule has 0 bridgehead atoms. The molecule has 2 aromatic rings. The number of aromatic nitrogens is 4. The van der Waals surface area contributed by atoms with Crippen LogP contribution in [0, 0.1) is 0 Å². The van der Waals surface area contributed by atoms with Gasteiger partial charge >= 0.3 is 23.5 Å². The van der Waals surface area contributed by atoms with Gasteiger partial charge in [-0.2, -0.15) is 8.62 Å². The summed E-state index contributed by atoms with van der Waals surface area (Å²) < 4.78 is 53.1. The molecule has 3 heterocycles. The molecule has 30 heavy (non-hydrogen) atoms. The zero-order chi connectivity index (χ0) is 22.3. The molecule has 2 aromatic heterocycles. The van der Waals surface area contributed by atoms with Gasteiger partial charge in [0.2, 0.25) is 0 Å². The summed E-state index contributed by atoms with van der Waals surface area (Å²) in [6, 6.07) is 0. The number of hydrogen-bond donors (Lipinski definition) is 6. The van der Waals surface area contributed by atoms with E-state index in [4.69, 9.17) is 30.0 Å². The molecule has 1 saturated heterocycles. The van der Waals surface area contributed by atoms with E-state index in [2.05, 4.69) is 28.1 Å².